The van der Waals surface area contributed by atoms with Crippen molar-refractivity contribution in [3.63, 3.8) is 0 Å². The molecule has 2 unspecified atom stereocenters. The molecule has 1 aliphatic carbocycles. The lowest BCUT2D eigenvalue weighted by Gasteiger charge is -2.15. The summed E-state index contributed by atoms with van der Waals surface area (Å²) >= 11 is 0. The predicted molar refractivity (Wildman–Crippen MR) is 61.5 cm³/mol. The van der Waals surface area contributed by atoms with E-state index in [9.17, 15) is 0 Å². The molecule has 1 fully saturated rings. The summed E-state index contributed by atoms with van der Waals surface area (Å²) < 4.78 is 2.13. The van der Waals surface area contributed by atoms with Crippen LogP contribution in [-0.2, 0) is 13.1 Å². The van der Waals surface area contributed by atoms with Crippen LogP contribution in [0, 0.1) is 17.2 Å². The van der Waals surface area contributed by atoms with Gasteiger partial charge in [-0.25, -0.2) is 4.98 Å². The molecular weight excluding hydrogens is 200 g/mol. The Labute approximate surface area is 96.3 Å². The second-order valence-corrected chi connectivity index (χ2v) is 4.32. The summed E-state index contributed by atoms with van der Waals surface area (Å²) in [5.41, 5.74) is 1.20. The predicted octanol–water partition coefficient (Wildman–Crippen LogP) is 1.68. The van der Waals surface area contributed by atoms with Gasteiger partial charge in [-0.3, -0.25) is 0 Å². The molecule has 0 amide bonds. The first-order chi connectivity index (χ1) is 7.85. The molecule has 1 heterocycles. The van der Waals surface area contributed by atoms with E-state index < -0.39 is 0 Å². The van der Waals surface area contributed by atoms with Gasteiger partial charge in [-0.15, -0.1) is 0 Å². The summed E-state index contributed by atoms with van der Waals surface area (Å²) in [6.07, 6.45) is 7.09. The van der Waals surface area contributed by atoms with E-state index in [1.54, 1.807) is 0 Å². The van der Waals surface area contributed by atoms with Crippen LogP contribution in [0.25, 0.3) is 0 Å². The summed E-state index contributed by atoms with van der Waals surface area (Å²) in [4.78, 5) is 4.14. The van der Waals surface area contributed by atoms with Gasteiger partial charge in [0.2, 0.25) is 0 Å². The molecule has 1 aromatic rings. The number of nitriles is 1. The molecule has 1 N–H and O–H groups in total. The van der Waals surface area contributed by atoms with E-state index in [1.807, 2.05) is 12.5 Å². The van der Waals surface area contributed by atoms with Crippen molar-refractivity contribution < 1.29 is 0 Å². The molecule has 16 heavy (non-hydrogen) atoms. The zero-order chi connectivity index (χ0) is 11.4. The molecule has 2 atom stereocenters. The fraction of sp³-hybridized carbons (Fsp3) is 0.667. The molecule has 0 aromatic carbocycles. The van der Waals surface area contributed by atoms with Crippen LogP contribution in [0.4, 0.5) is 0 Å². The molecule has 0 bridgehead atoms. The van der Waals surface area contributed by atoms with Crippen molar-refractivity contribution in [3.8, 4) is 6.07 Å². The van der Waals surface area contributed by atoms with Crippen molar-refractivity contribution >= 4 is 0 Å². The van der Waals surface area contributed by atoms with Gasteiger partial charge in [-0.2, -0.15) is 5.26 Å². The van der Waals surface area contributed by atoms with Crippen LogP contribution in [0.1, 0.15) is 31.9 Å². The van der Waals surface area contributed by atoms with E-state index >= 15 is 0 Å². The van der Waals surface area contributed by atoms with E-state index in [4.69, 9.17) is 5.26 Å². The van der Waals surface area contributed by atoms with E-state index in [1.165, 1.54) is 12.1 Å². The summed E-state index contributed by atoms with van der Waals surface area (Å²) in [5, 5.41) is 12.5. The highest BCUT2D eigenvalue weighted by atomic mass is 15.1. The Morgan fingerprint density at radius 2 is 2.50 bits per heavy atom. The summed E-state index contributed by atoms with van der Waals surface area (Å²) in [5.74, 6) is 0.193. The number of nitrogens with zero attached hydrogens (tertiary/aromatic N) is 3. The second-order valence-electron chi connectivity index (χ2n) is 4.32. The van der Waals surface area contributed by atoms with Crippen molar-refractivity contribution in [3.05, 3.63) is 18.2 Å². The molecular formula is C12H18N4. The van der Waals surface area contributed by atoms with Gasteiger partial charge >= 0.3 is 0 Å². The number of aryl methyl sites for hydroxylation is 1. The maximum absolute atomic E-state index is 8.99. The lowest BCUT2D eigenvalue weighted by Crippen LogP contribution is -2.31. The molecule has 86 valence electrons. The number of aromatic nitrogens is 2. The third kappa shape index (κ3) is 2.25. The quantitative estimate of drug-likeness (QED) is 0.836. The van der Waals surface area contributed by atoms with Crippen LogP contribution < -0.4 is 5.32 Å². The second kappa shape index (κ2) is 5.13. The third-order valence-corrected chi connectivity index (χ3v) is 3.37. The smallest absolute Gasteiger partial charge is 0.0948 e. The summed E-state index contributed by atoms with van der Waals surface area (Å²) in [6, 6.07) is 2.75. The van der Waals surface area contributed by atoms with Crippen molar-refractivity contribution in [1.29, 1.82) is 5.26 Å². The minimum absolute atomic E-state index is 0.193. The number of nitrogens with one attached hydrogen (secondary N) is 1. The number of hydrogen-bond donors (Lipinski definition) is 1. The van der Waals surface area contributed by atoms with Gasteiger partial charge in [0.05, 0.1) is 24.0 Å². The molecule has 1 saturated carbocycles. The molecule has 1 aromatic heterocycles. The molecule has 0 radical (unpaired) electrons. The Hall–Kier alpha value is -1.34. The Balaban J connectivity index is 1.90. The highest BCUT2D eigenvalue weighted by molar-refractivity contribution is 5.01. The largest absolute Gasteiger partial charge is 0.334 e. The minimum atomic E-state index is 0.193. The van der Waals surface area contributed by atoms with Gasteiger partial charge < -0.3 is 9.88 Å². The van der Waals surface area contributed by atoms with Crippen LogP contribution >= 0.6 is 0 Å². The summed E-state index contributed by atoms with van der Waals surface area (Å²) in [6.45, 7) is 3.87. The molecule has 0 saturated heterocycles. The number of rotatable bonds is 4. The molecule has 2 rings (SSSR count). The minimum Gasteiger partial charge on any atom is -0.334 e. The normalized spacial score (nSPS) is 24.5. The van der Waals surface area contributed by atoms with Gasteiger partial charge in [0.15, 0.2) is 0 Å². The molecule has 1 aliphatic rings. The first-order valence-electron chi connectivity index (χ1n) is 5.97. The van der Waals surface area contributed by atoms with Crippen LogP contribution in [0.2, 0.25) is 0 Å². The van der Waals surface area contributed by atoms with Crippen molar-refractivity contribution in [1.82, 2.24) is 14.9 Å². The van der Waals surface area contributed by atoms with Crippen LogP contribution in [-0.4, -0.2) is 15.6 Å². The number of hydrogen-bond acceptors (Lipinski definition) is 3. The van der Waals surface area contributed by atoms with Gasteiger partial charge in [0, 0.05) is 25.3 Å². The monoisotopic (exact) mass is 218 g/mol. The lowest BCUT2D eigenvalue weighted by atomic mass is 10.1. The Morgan fingerprint density at radius 1 is 1.62 bits per heavy atom. The third-order valence-electron chi connectivity index (χ3n) is 3.37. The van der Waals surface area contributed by atoms with Crippen molar-refractivity contribution in [2.45, 2.75) is 45.3 Å². The van der Waals surface area contributed by atoms with Gasteiger partial charge in [0.25, 0.3) is 0 Å². The van der Waals surface area contributed by atoms with Crippen molar-refractivity contribution in [2.24, 2.45) is 5.92 Å². The first-order valence-corrected chi connectivity index (χ1v) is 5.97. The highest BCUT2D eigenvalue weighted by Crippen LogP contribution is 2.24. The van der Waals surface area contributed by atoms with Crippen molar-refractivity contribution in [2.75, 3.05) is 0 Å². The average molecular weight is 218 g/mol. The Morgan fingerprint density at radius 3 is 3.25 bits per heavy atom. The average Bonchev–Trinajstić information content (AvgIpc) is 2.94. The molecule has 0 spiro atoms. The Bertz CT molecular complexity index is 377. The standard InChI is InChI=1S/C12H18N4/c1-2-16-9-14-7-11(16)8-15-12-5-3-4-10(12)6-13/h7,9-10,12,15H,2-5,8H2,1H3. The highest BCUT2D eigenvalue weighted by Gasteiger charge is 2.26. The fourth-order valence-corrected chi connectivity index (χ4v) is 2.37. The van der Waals surface area contributed by atoms with Crippen LogP contribution in [0.15, 0.2) is 12.5 Å². The zero-order valence-corrected chi connectivity index (χ0v) is 9.69. The molecule has 0 aliphatic heterocycles. The van der Waals surface area contributed by atoms with E-state index in [-0.39, 0.29) is 5.92 Å². The SMILES string of the molecule is CCn1cncc1CNC1CCCC1C#N. The zero-order valence-electron chi connectivity index (χ0n) is 9.69. The van der Waals surface area contributed by atoms with Gasteiger partial charge in [-0.05, 0) is 19.8 Å². The maximum atomic E-state index is 8.99. The first kappa shape index (κ1) is 11.2. The van der Waals surface area contributed by atoms with Gasteiger partial charge in [0.1, 0.15) is 0 Å². The van der Waals surface area contributed by atoms with Crippen LogP contribution in [0.3, 0.4) is 0 Å². The molecule has 4 heteroatoms. The lowest BCUT2D eigenvalue weighted by molar-refractivity contribution is 0.455. The summed E-state index contributed by atoms with van der Waals surface area (Å²) in [7, 11) is 0. The van der Waals surface area contributed by atoms with Crippen LogP contribution in [0.5, 0.6) is 0 Å². The Kier molecular flexibility index (Phi) is 3.58. The van der Waals surface area contributed by atoms with Gasteiger partial charge in [-0.1, -0.05) is 6.42 Å². The molecule has 4 nitrogen and oxygen atoms in total. The van der Waals surface area contributed by atoms with E-state index in [0.717, 1.165) is 25.9 Å². The van der Waals surface area contributed by atoms with E-state index in [2.05, 4.69) is 27.9 Å². The topological polar surface area (TPSA) is 53.6 Å². The maximum Gasteiger partial charge on any atom is 0.0948 e. The fourth-order valence-electron chi connectivity index (χ4n) is 2.37. The number of imidazole rings is 1. The van der Waals surface area contributed by atoms with E-state index in [0.29, 0.717) is 6.04 Å².